The molecule has 0 saturated heterocycles. The van der Waals surface area contributed by atoms with Gasteiger partial charge in [-0.15, -0.1) is 0 Å². The highest BCUT2D eigenvalue weighted by Crippen LogP contribution is 2.26. The largest absolute Gasteiger partial charge is 0.419 e. The summed E-state index contributed by atoms with van der Waals surface area (Å²) < 4.78 is 38.4. The van der Waals surface area contributed by atoms with Crippen LogP contribution in [-0.2, 0) is 0 Å². The molecule has 1 nitrogen and oxygen atoms in total. The molecule has 118 valence electrons. The van der Waals surface area contributed by atoms with Gasteiger partial charge in [0.05, 0.1) is 0 Å². The normalized spacial score (nSPS) is 13.2. The Kier molecular flexibility index (Phi) is 5.49. The highest BCUT2D eigenvalue weighted by Gasteiger charge is 2.40. The Hall–Kier alpha value is -2.22. The minimum atomic E-state index is -4.79. The van der Waals surface area contributed by atoms with Gasteiger partial charge in [0.15, 0.2) is 6.10 Å². The second kappa shape index (κ2) is 7.36. The summed E-state index contributed by atoms with van der Waals surface area (Å²) in [6.07, 6.45) is -6.23. The SMILES string of the molecule is OC(/C(C#Cc1ccccc1)=C/c1ccc(Cl)cc1)C(F)(F)F. The standard InChI is InChI=1S/C18H12ClF3O/c19-16-10-7-14(8-11-16)12-15(17(23)18(20,21)22)9-6-13-4-2-1-3-5-13/h1-5,7-8,10-12,17,23H/b15-12+. The van der Waals surface area contributed by atoms with Crippen molar-refractivity contribution in [2.45, 2.75) is 12.3 Å². The summed E-state index contributed by atoms with van der Waals surface area (Å²) in [7, 11) is 0. The Morgan fingerprint density at radius 1 is 1.04 bits per heavy atom. The van der Waals surface area contributed by atoms with Crippen LogP contribution in [0.1, 0.15) is 11.1 Å². The quantitative estimate of drug-likeness (QED) is 0.788. The molecule has 0 amide bonds. The second-order valence-corrected chi connectivity index (χ2v) is 5.15. The number of benzene rings is 2. The average Bonchev–Trinajstić information content (AvgIpc) is 2.52. The maximum Gasteiger partial charge on any atom is 0.419 e. The topological polar surface area (TPSA) is 20.2 Å². The zero-order valence-electron chi connectivity index (χ0n) is 11.8. The summed E-state index contributed by atoms with van der Waals surface area (Å²) in [5.74, 6) is 5.04. The van der Waals surface area contributed by atoms with Gasteiger partial charge in [-0.2, -0.15) is 13.2 Å². The summed E-state index contributed by atoms with van der Waals surface area (Å²) >= 11 is 5.75. The second-order valence-electron chi connectivity index (χ2n) is 4.71. The number of rotatable bonds is 2. The maximum absolute atomic E-state index is 12.8. The van der Waals surface area contributed by atoms with E-state index in [2.05, 4.69) is 11.8 Å². The van der Waals surface area contributed by atoms with Crippen molar-refractivity contribution in [3.05, 3.63) is 76.3 Å². The van der Waals surface area contributed by atoms with E-state index in [0.717, 1.165) is 0 Å². The molecule has 1 N–H and O–H groups in total. The van der Waals surface area contributed by atoms with Gasteiger partial charge in [-0.25, -0.2) is 0 Å². The van der Waals surface area contributed by atoms with E-state index in [1.807, 2.05) is 0 Å². The zero-order valence-corrected chi connectivity index (χ0v) is 12.6. The van der Waals surface area contributed by atoms with Crippen molar-refractivity contribution in [3.8, 4) is 11.8 Å². The van der Waals surface area contributed by atoms with Crippen molar-refractivity contribution in [2.24, 2.45) is 0 Å². The molecule has 0 heterocycles. The van der Waals surface area contributed by atoms with E-state index in [1.165, 1.54) is 6.08 Å². The van der Waals surface area contributed by atoms with Crippen LogP contribution in [0.15, 0.2) is 60.2 Å². The summed E-state index contributed by atoms with van der Waals surface area (Å²) in [6, 6.07) is 14.8. The first-order valence-electron chi connectivity index (χ1n) is 6.65. The molecule has 2 aromatic carbocycles. The van der Waals surface area contributed by atoms with Crippen LogP contribution < -0.4 is 0 Å². The van der Waals surface area contributed by atoms with Gasteiger partial charge in [-0.1, -0.05) is 53.8 Å². The van der Waals surface area contributed by atoms with E-state index < -0.39 is 17.9 Å². The van der Waals surface area contributed by atoms with E-state index >= 15 is 0 Å². The van der Waals surface area contributed by atoms with Crippen molar-refractivity contribution in [3.63, 3.8) is 0 Å². The third kappa shape index (κ3) is 5.17. The first kappa shape index (κ1) is 17.1. The summed E-state index contributed by atoms with van der Waals surface area (Å²) in [5.41, 5.74) is 0.600. The van der Waals surface area contributed by atoms with Crippen LogP contribution >= 0.6 is 11.6 Å². The molecule has 0 aromatic heterocycles. The first-order chi connectivity index (χ1) is 10.9. The Morgan fingerprint density at radius 3 is 2.22 bits per heavy atom. The lowest BCUT2D eigenvalue weighted by Crippen LogP contribution is -2.29. The minimum Gasteiger partial charge on any atom is -0.379 e. The highest BCUT2D eigenvalue weighted by molar-refractivity contribution is 6.30. The third-order valence-corrected chi connectivity index (χ3v) is 3.17. The third-order valence-electron chi connectivity index (χ3n) is 2.92. The molecule has 0 aliphatic rings. The molecular weight excluding hydrogens is 325 g/mol. The molecule has 1 atom stereocenters. The first-order valence-corrected chi connectivity index (χ1v) is 7.03. The fourth-order valence-electron chi connectivity index (χ4n) is 1.76. The monoisotopic (exact) mass is 336 g/mol. The summed E-state index contributed by atoms with van der Waals surface area (Å²) in [4.78, 5) is 0. The fourth-order valence-corrected chi connectivity index (χ4v) is 1.89. The molecule has 0 radical (unpaired) electrons. The van der Waals surface area contributed by atoms with E-state index in [0.29, 0.717) is 16.1 Å². The number of aliphatic hydroxyl groups is 1. The maximum atomic E-state index is 12.8. The van der Waals surface area contributed by atoms with Crippen molar-refractivity contribution in [1.29, 1.82) is 0 Å². The molecule has 5 heteroatoms. The van der Waals surface area contributed by atoms with Crippen molar-refractivity contribution in [1.82, 2.24) is 0 Å². The molecule has 0 saturated carbocycles. The van der Waals surface area contributed by atoms with Gasteiger partial charge >= 0.3 is 6.18 Å². The number of aliphatic hydroxyl groups excluding tert-OH is 1. The van der Waals surface area contributed by atoms with Crippen LogP contribution in [0.25, 0.3) is 6.08 Å². The van der Waals surface area contributed by atoms with Crippen LogP contribution in [0.3, 0.4) is 0 Å². The molecule has 0 aliphatic heterocycles. The highest BCUT2D eigenvalue weighted by atomic mass is 35.5. The van der Waals surface area contributed by atoms with E-state index in [-0.39, 0.29) is 0 Å². The van der Waals surface area contributed by atoms with E-state index in [9.17, 15) is 18.3 Å². The Morgan fingerprint density at radius 2 is 1.65 bits per heavy atom. The Labute approximate surface area is 137 Å². The van der Waals surface area contributed by atoms with Crippen molar-refractivity contribution >= 4 is 17.7 Å². The van der Waals surface area contributed by atoms with Gasteiger partial charge in [0, 0.05) is 16.2 Å². The predicted molar refractivity (Wildman–Crippen MR) is 84.8 cm³/mol. The number of halogens is 4. The summed E-state index contributed by atoms with van der Waals surface area (Å²) in [5, 5.41) is 9.99. The molecule has 0 bridgehead atoms. The lowest BCUT2D eigenvalue weighted by molar-refractivity contribution is -0.189. The Balaban J connectivity index is 2.40. The molecule has 1 unspecified atom stereocenters. The van der Waals surface area contributed by atoms with E-state index in [1.54, 1.807) is 54.6 Å². The summed E-state index contributed by atoms with van der Waals surface area (Å²) in [6.45, 7) is 0. The van der Waals surface area contributed by atoms with Crippen molar-refractivity contribution in [2.75, 3.05) is 0 Å². The number of alkyl halides is 3. The molecule has 0 aliphatic carbocycles. The predicted octanol–water partition coefficient (Wildman–Crippen LogP) is 4.70. The van der Waals surface area contributed by atoms with Crippen LogP contribution in [0, 0.1) is 11.8 Å². The molecule has 0 fully saturated rings. The lowest BCUT2D eigenvalue weighted by Gasteiger charge is -2.14. The van der Waals surface area contributed by atoms with Gasteiger partial charge in [-0.05, 0) is 35.9 Å². The van der Waals surface area contributed by atoms with Crippen LogP contribution in [0.5, 0.6) is 0 Å². The van der Waals surface area contributed by atoms with Gasteiger partial charge < -0.3 is 5.11 Å². The van der Waals surface area contributed by atoms with Gasteiger partial charge in [0.25, 0.3) is 0 Å². The number of hydrogen-bond acceptors (Lipinski definition) is 1. The molecule has 2 rings (SSSR count). The molecule has 2 aromatic rings. The van der Waals surface area contributed by atoms with Gasteiger partial charge in [-0.3, -0.25) is 0 Å². The number of hydrogen-bond donors (Lipinski definition) is 1. The van der Waals surface area contributed by atoms with Gasteiger partial charge in [0.1, 0.15) is 0 Å². The minimum absolute atomic E-state index is 0.427. The van der Waals surface area contributed by atoms with Crippen LogP contribution in [0.4, 0.5) is 13.2 Å². The molecular formula is C18H12ClF3O. The lowest BCUT2D eigenvalue weighted by atomic mass is 10.0. The smallest absolute Gasteiger partial charge is 0.379 e. The average molecular weight is 337 g/mol. The fraction of sp³-hybridized carbons (Fsp3) is 0.111. The van der Waals surface area contributed by atoms with E-state index in [4.69, 9.17) is 11.6 Å². The van der Waals surface area contributed by atoms with Gasteiger partial charge in [0.2, 0.25) is 0 Å². The zero-order chi connectivity index (χ0) is 16.9. The van der Waals surface area contributed by atoms with Crippen LogP contribution in [-0.4, -0.2) is 17.4 Å². The van der Waals surface area contributed by atoms with Crippen LogP contribution in [0.2, 0.25) is 5.02 Å². The van der Waals surface area contributed by atoms with Crippen molar-refractivity contribution < 1.29 is 18.3 Å². The Bertz CT molecular complexity index is 738. The molecule has 0 spiro atoms. The molecule has 23 heavy (non-hydrogen) atoms.